The Kier molecular flexibility index (Phi) is 6.36. The highest BCUT2D eigenvalue weighted by atomic mass is 79.9. The van der Waals surface area contributed by atoms with Crippen LogP contribution in [0.2, 0.25) is 0 Å². The topological polar surface area (TPSA) is 75.6 Å². The van der Waals surface area contributed by atoms with Crippen LogP contribution in [0.25, 0.3) is 0 Å². The van der Waals surface area contributed by atoms with Crippen LogP contribution in [-0.4, -0.2) is 36.2 Å². The molecule has 21 heavy (non-hydrogen) atoms. The Morgan fingerprint density at radius 1 is 1.43 bits per heavy atom. The summed E-state index contributed by atoms with van der Waals surface area (Å²) >= 11 is 3.42. The molecule has 1 amide bonds. The maximum absolute atomic E-state index is 11.9. The number of hydrogen-bond acceptors (Lipinski definition) is 3. The highest BCUT2D eigenvalue weighted by molar-refractivity contribution is 9.10. The van der Waals surface area contributed by atoms with Crippen molar-refractivity contribution >= 4 is 27.8 Å². The van der Waals surface area contributed by atoms with Crippen LogP contribution in [0.4, 0.5) is 0 Å². The Morgan fingerprint density at radius 3 is 2.62 bits per heavy atom. The summed E-state index contributed by atoms with van der Waals surface area (Å²) in [5, 5.41) is 11.7. The Hall–Kier alpha value is -1.40. The summed E-state index contributed by atoms with van der Waals surface area (Å²) < 4.78 is 5.88. The van der Waals surface area contributed by atoms with Gasteiger partial charge in [-0.1, -0.05) is 28.1 Å². The van der Waals surface area contributed by atoms with Crippen LogP contribution >= 0.6 is 15.9 Å². The molecule has 0 spiro atoms. The van der Waals surface area contributed by atoms with Gasteiger partial charge in [-0.2, -0.15) is 0 Å². The van der Waals surface area contributed by atoms with Gasteiger partial charge in [0.2, 0.25) is 5.91 Å². The number of carbonyl (C=O) groups is 2. The molecule has 2 N–H and O–H groups in total. The number of nitrogens with one attached hydrogen (secondary N) is 1. The van der Waals surface area contributed by atoms with Crippen molar-refractivity contribution in [2.24, 2.45) is 0 Å². The number of benzene rings is 1. The highest BCUT2D eigenvalue weighted by Crippen LogP contribution is 2.18. The number of rotatable bonds is 7. The van der Waals surface area contributed by atoms with Gasteiger partial charge < -0.3 is 15.2 Å². The van der Waals surface area contributed by atoms with Crippen LogP contribution in [0.5, 0.6) is 0 Å². The first-order valence-electron chi connectivity index (χ1n) is 6.57. The summed E-state index contributed by atoms with van der Waals surface area (Å²) in [6.07, 6.45) is 0.788. The van der Waals surface area contributed by atoms with E-state index in [1.807, 2.05) is 25.1 Å². The van der Waals surface area contributed by atoms with Gasteiger partial charge in [-0.05, 0) is 37.5 Å². The highest BCUT2D eigenvalue weighted by Gasteiger charge is 2.34. The summed E-state index contributed by atoms with van der Waals surface area (Å²) in [5.41, 5.74) is 0.735. The Balaban J connectivity index is 2.60. The van der Waals surface area contributed by atoms with Crippen molar-refractivity contribution in [2.75, 3.05) is 13.7 Å². The Labute approximate surface area is 132 Å². The maximum atomic E-state index is 11.9. The average Bonchev–Trinajstić information content (AvgIpc) is 2.40. The number of methoxy groups -OCH3 is 1. The van der Waals surface area contributed by atoms with Gasteiger partial charge in [0.15, 0.2) is 5.54 Å². The van der Waals surface area contributed by atoms with E-state index in [1.54, 1.807) is 0 Å². The number of aryl methyl sites for hydroxylation is 2. The van der Waals surface area contributed by atoms with Crippen molar-refractivity contribution in [2.45, 2.75) is 32.2 Å². The fourth-order valence-electron chi connectivity index (χ4n) is 1.93. The van der Waals surface area contributed by atoms with Crippen molar-refractivity contribution in [3.05, 3.63) is 33.8 Å². The first kappa shape index (κ1) is 17.7. The second kappa shape index (κ2) is 7.56. The van der Waals surface area contributed by atoms with Gasteiger partial charge in [0.1, 0.15) is 0 Å². The second-order valence-electron chi connectivity index (χ2n) is 5.20. The van der Waals surface area contributed by atoms with Crippen molar-refractivity contribution in [1.82, 2.24) is 5.32 Å². The summed E-state index contributed by atoms with van der Waals surface area (Å²) in [4.78, 5) is 23.1. The SMILES string of the molecule is COCC(C)(NC(=O)CCc1ccc(Br)c(C)c1)C(=O)O. The van der Waals surface area contributed by atoms with Crippen LogP contribution in [0, 0.1) is 6.92 Å². The van der Waals surface area contributed by atoms with Crippen molar-refractivity contribution in [1.29, 1.82) is 0 Å². The maximum Gasteiger partial charge on any atom is 0.331 e. The molecule has 0 radical (unpaired) electrons. The minimum absolute atomic E-state index is 0.0779. The molecule has 116 valence electrons. The van der Waals surface area contributed by atoms with Crippen LogP contribution in [0.1, 0.15) is 24.5 Å². The molecule has 1 unspecified atom stereocenters. The Morgan fingerprint density at radius 2 is 2.10 bits per heavy atom. The number of carboxylic acids is 1. The zero-order chi connectivity index (χ0) is 16.0. The molecular weight excluding hydrogens is 338 g/mol. The summed E-state index contributed by atoms with van der Waals surface area (Å²) in [6.45, 7) is 3.33. The number of amides is 1. The zero-order valence-electron chi connectivity index (χ0n) is 12.4. The van der Waals surface area contributed by atoms with Crippen molar-refractivity contribution in [3.63, 3.8) is 0 Å². The van der Waals surface area contributed by atoms with E-state index in [1.165, 1.54) is 14.0 Å². The first-order valence-corrected chi connectivity index (χ1v) is 7.36. The molecule has 6 heteroatoms. The van der Waals surface area contributed by atoms with Crippen LogP contribution in [0.15, 0.2) is 22.7 Å². The number of aliphatic carboxylic acids is 1. The van der Waals surface area contributed by atoms with Gasteiger partial charge >= 0.3 is 5.97 Å². The predicted molar refractivity (Wildman–Crippen MR) is 83.3 cm³/mol. The quantitative estimate of drug-likeness (QED) is 0.784. The number of ether oxygens (including phenoxy) is 1. The number of hydrogen-bond donors (Lipinski definition) is 2. The molecule has 0 saturated carbocycles. The van der Waals surface area contributed by atoms with E-state index >= 15 is 0 Å². The lowest BCUT2D eigenvalue weighted by Crippen LogP contribution is -2.55. The number of halogens is 1. The van der Waals surface area contributed by atoms with E-state index in [4.69, 9.17) is 9.84 Å². The van der Waals surface area contributed by atoms with Crippen LogP contribution < -0.4 is 5.32 Å². The van der Waals surface area contributed by atoms with Crippen molar-refractivity contribution in [3.8, 4) is 0 Å². The molecule has 5 nitrogen and oxygen atoms in total. The number of carbonyl (C=O) groups excluding carboxylic acids is 1. The molecule has 0 fully saturated rings. The molecular formula is C15H20BrNO4. The molecule has 1 aromatic rings. The predicted octanol–water partition coefficient (Wildman–Crippen LogP) is 2.30. The van der Waals surface area contributed by atoms with Gasteiger partial charge in [0.25, 0.3) is 0 Å². The third kappa shape index (κ3) is 5.13. The largest absolute Gasteiger partial charge is 0.479 e. The molecule has 0 bridgehead atoms. The smallest absolute Gasteiger partial charge is 0.331 e. The third-order valence-corrected chi connectivity index (χ3v) is 4.07. The van der Waals surface area contributed by atoms with Gasteiger partial charge in [0, 0.05) is 18.0 Å². The first-order chi connectivity index (χ1) is 9.78. The molecule has 1 aromatic carbocycles. The third-order valence-electron chi connectivity index (χ3n) is 3.18. The van der Waals surface area contributed by atoms with E-state index in [-0.39, 0.29) is 18.9 Å². The lowest BCUT2D eigenvalue weighted by Gasteiger charge is -2.25. The van der Waals surface area contributed by atoms with Crippen LogP contribution in [0.3, 0.4) is 0 Å². The molecule has 1 atom stereocenters. The molecule has 0 heterocycles. The molecule has 0 saturated heterocycles. The molecule has 0 aromatic heterocycles. The summed E-state index contributed by atoms with van der Waals surface area (Å²) in [7, 11) is 1.40. The molecule has 1 rings (SSSR count). The van der Waals surface area contributed by atoms with E-state index in [0.717, 1.165) is 15.6 Å². The minimum Gasteiger partial charge on any atom is -0.479 e. The monoisotopic (exact) mass is 357 g/mol. The summed E-state index contributed by atoms with van der Waals surface area (Å²) in [6, 6.07) is 5.88. The summed E-state index contributed by atoms with van der Waals surface area (Å²) in [5.74, 6) is -1.42. The fraction of sp³-hybridized carbons (Fsp3) is 0.467. The van der Waals surface area contributed by atoms with Crippen LogP contribution in [-0.2, 0) is 20.7 Å². The van der Waals surface area contributed by atoms with E-state index in [9.17, 15) is 9.59 Å². The van der Waals surface area contributed by atoms with Gasteiger partial charge in [0.05, 0.1) is 6.61 Å². The normalized spacial score (nSPS) is 13.5. The minimum atomic E-state index is -1.40. The lowest BCUT2D eigenvalue weighted by atomic mass is 10.0. The average molecular weight is 358 g/mol. The number of carboxylic acid groups (broad SMARTS) is 1. The van der Waals surface area contributed by atoms with E-state index in [0.29, 0.717) is 6.42 Å². The van der Waals surface area contributed by atoms with Crippen molar-refractivity contribution < 1.29 is 19.4 Å². The zero-order valence-corrected chi connectivity index (χ0v) is 14.0. The van der Waals surface area contributed by atoms with Gasteiger partial charge in [-0.25, -0.2) is 4.79 Å². The standard InChI is InChI=1S/C15H20BrNO4/c1-10-8-11(4-6-12(10)16)5-7-13(18)17-15(2,9-21-3)14(19)20/h4,6,8H,5,7,9H2,1-3H3,(H,17,18)(H,19,20). The Bertz CT molecular complexity index is 532. The molecule has 0 aliphatic rings. The molecule has 0 aliphatic heterocycles. The lowest BCUT2D eigenvalue weighted by molar-refractivity contribution is -0.149. The fourth-order valence-corrected chi connectivity index (χ4v) is 2.18. The molecule has 0 aliphatic carbocycles. The van der Waals surface area contributed by atoms with Gasteiger partial charge in [-0.3, -0.25) is 4.79 Å². The van der Waals surface area contributed by atoms with E-state index < -0.39 is 11.5 Å². The second-order valence-corrected chi connectivity index (χ2v) is 6.06. The van der Waals surface area contributed by atoms with Gasteiger partial charge in [-0.15, -0.1) is 0 Å². The van der Waals surface area contributed by atoms with E-state index in [2.05, 4.69) is 21.2 Å².